The molecular weight excluding hydrogens is 464 g/mol. The Labute approximate surface area is 208 Å². The third-order valence-electron chi connectivity index (χ3n) is 5.55. The summed E-state index contributed by atoms with van der Waals surface area (Å²) in [5.41, 5.74) is 2.95. The molecule has 0 aliphatic carbocycles. The van der Waals surface area contributed by atoms with Crippen molar-refractivity contribution in [3.05, 3.63) is 94.6 Å². The summed E-state index contributed by atoms with van der Waals surface area (Å²) < 4.78 is 0. The third-order valence-corrected chi connectivity index (χ3v) is 5.55. The van der Waals surface area contributed by atoms with Crippen molar-refractivity contribution in [1.29, 1.82) is 0 Å². The quantitative estimate of drug-likeness (QED) is 0.280. The molecule has 3 aromatic rings. The number of rotatable bonds is 13. The molecule has 1 atom stereocenters. The van der Waals surface area contributed by atoms with Gasteiger partial charge in [-0.3, -0.25) is 9.69 Å². The number of nitrogens with zero attached hydrogens (tertiary/aromatic N) is 3. The molecule has 2 aromatic heterocycles. The van der Waals surface area contributed by atoms with Crippen LogP contribution in [0, 0.1) is 6.92 Å². The number of aliphatic carboxylic acids is 1. The highest BCUT2D eigenvalue weighted by molar-refractivity contribution is 5.85. The number of nitrogens with one attached hydrogen (secondary N) is 1. The highest BCUT2D eigenvalue weighted by Crippen LogP contribution is 2.14. The Morgan fingerprint density at radius 2 is 1.44 bits per heavy atom. The Bertz CT molecular complexity index is 1220. The van der Waals surface area contributed by atoms with Crippen LogP contribution in [0.25, 0.3) is 0 Å². The van der Waals surface area contributed by atoms with Crippen LogP contribution >= 0.6 is 0 Å². The molecule has 10 nitrogen and oxygen atoms in total. The van der Waals surface area contributed by atoms with Crippen LogP contribution in [-0.4, -0.2) is 67.2 Å². The van der Waals surface area contributed by atoms with Crippen LogP contribution < -0.4 is 5.32 Å². The molecular formula is C26H28N4O6. The molecule has 2 heterocycles. The zero-order valence-corrected chi connectivity index (χ0v) is 19.8. The summed E-state index contributed by atoms with van der Waals surface area (Å²) in [6, 6.07) is 17.0. The average molecular weight is 493 g/mol. The lowest BCUT2D eigenvalue weighted by atomic mass is 10.0. The molecule has 0 aliphatic heterocycles. The van der Waals surface area contributed by atoms with Crippen molar-refractivity contribution in [2.75, 3.05) is 13.1 Å². The first-order valence-corrected chi connectivity index (χ1v) is 11.3. The highest BCUT2D eigenvalue weighted by Gasteiger charge is 2.23. The summed E-state index contributed by atoms with van der Waals surface area (Å²) in [6.07, 6.45) is 0.530. The zero-order chi connectivity index (χ0) is 26.1. The largest absolute Gasteiger partial charge is 0.480 e. The average Bonchev–Trinajstić information content (AvgIpc) is 2.84. The lowest BCUT2D eigenvalue weighted by Crippen LogP contribution is -2.45. The molecule has 0 saturated heterocycles. The number of hydrogen-bond donors (Lipinski definition) is 4. The molecule has 10 heteroatoms. The van der Waals surface area contributed by atoms with Gasteiger partial charge in [0, 0.05) is 25.7 Å². The predicted molar refractivity (Wildman–Crippen MR) is 131 cm³/mol. The van der Waals surface area contributed by atoms with Gasteiger partial charge < -0.3 is 20.6 Å². The SMILES string of the molecule is Cc1ccc(C[C@@H](CNCc2cccc(C(=O)O)n2)N(CC(=O)O)Cc2cccc(C(=O)O)n2)cc1. The zero-order valence-electron chi connectivity index (χ0n) is 19.8. The van der Waals surface area contributed by atoms with Gasteiger partial charge in [-0.05, 0) is 43.2 Å². The second kappa shape index (κ2) is 12.5. The Balaban J connectivity index is 1.82. The van der Waals surface area contributed by atoms with Crippen LogP contribution in [0.2, 0.25) is 0 Å². The maximum absolute atomic E-state index is 11.7. The number of aromatic nitrogens is 2. The highest BCUT2D eigenvalue weighted by atomic mass is 16.4. The van der Waals surface area contributed by atoms with E-state index >= 15 is 0 Å². The molecule has 1 aromatic carbocycles. The number of benzene rings is 1. The maximum Gasteiger partial charge on any atom is 0.354 e. The van der Waals surface area contributed by atoms with Crippen LogP contribution in [0.5, 0.6) is 0 Å². The van der Waals surface area contributed by atoms with Crippen LogP contribution in [0.4, 0.5) is 0 Å². The molecule has 0 bridgehead atoms. The number of carboxylic acids is 3. The minimum absolute atomic E-state index is 0.0533. The minimum atomic E-state index is -1.16. The number of carboxylic acid groups (broad SMARTS) is 3. The van der Waals surface area contributed by atoms with Crippen LogP contribution in [-0.2, 0) is 24.3 Å². The van der Waals surface area contributed by atoms with Crippen molar-refractivity contribution >= 4 is 17.9 Å². The van der Waals surface area contributed by atoms with Gasteiger partial charge in [0.05, 0.1) is 17.9 Å². The van der Waals surface area contributed by atoms with Gasteiger partial charge in [0.25, 0.3) is 0 Å². The summed E-state index contributed by atoms with van der Waals surface area (Å²) in [5.74, 6) is -3.29. The van der Waals surface area contributed by atoms with Gasteiger partial charge >= 0.3 is 17.9 Å². The molecule has 0 amide bonds. The van der Waals surface area contributed by atoms with E-state index in [4.69, 9.17) is 5.11 Å². The fourth-order valence-corrected chi connectivity index (χ4v) is 3.77. The molecule has 3 rings (SSSR count). The molecule has 36 heavy (non-hydrogen) atoms. The van der Waals surface area contributed by atoms with Crippen LogP contribution in [0.15, 0.2) is 60.7 Å². The minimum Gasteiger partial charge on any atom is -0.480 e. The van der Waals surface area contributed by atoms with Gasteiger partial charge in [-0.2, -0.15) is 0 Å². The van der Waals surface area contributed by atoms with Crippen LogP contribution in [0.1, 0.15) is 43.5 Å². The first-order valence-electron chi connectivity index (χ1n) is 11.3. The molecule has 188 valence electrons. The van der Waals surface area contributed by atoms with E-state index in [0.717, 1.165) is 11.1 Å². The fourth-order valence-electron chi connectivity index (χ4n) is 3.77. The van der Waals surface area contributed by atoms with Crippen molar-refractivity contribution in [3.8, 4) is 0 Å². The van der Waals surface area contributed by atoms with Crippen molar-refractivity contribution in [2.24, 2.45) is 0 Å². The van der Waals surface area contributed by atoms with E-state index < -0.39 is 17.9 Å². The van der Waals surface area contributed by atoms with Gasteiger partial charge in [0.15, 0.2) is 0 Å². The van der Waals surface area contributed by atoms with Gasteiger partial charge in [-0.1, -0.05) is 42.0 Å². The summed E-state index contributed by atoms with van der Waals surface area (Å²) in [5, 5.41) is 31.3. The van der Waals surface area contributed by atoms with Crippen molar-refractivity contribution in [1.82, 2.24) is 20.2 Å². The number of carbonyl (C=O) groups is 3. The van der Waals surface area contributed by atoms with Crippen LogP contribution in [0.3, 0.4) is 0 Å². The maximum atomic E-state index is 11.7. The van der Waals surface area contributed by atoms with Crippen molar-refractivity contribution < 1.29 is 29.7 Å². The number of aryl methyl sites for hydroxylation is 1. The Hall–Kier alpha value is -4.15. The molecule has 0 aliphatic rings. The molecule has 0 fully saturated rings. The molecule has 0 radical (unpaired) electrons. The molecule has 0 spiro atoms. The first-order chi connectivity index (χ1) is 17.2. The Morgan fingerprint density at radius 3 is 2.03 bits per heavy atom. The topological polar surface area (TPSA) is 153 Å². The second-order valence-corrected chi connectivity index (χ2v) is 8.41. The lowest BCUT2D eigenvalue weighted by Gasteiger charge is -2.31. The van der Waals surface area contributed by atoms with Gasteiger partial charge in [0.2, 0.25) is 0 Å². The predicted octanol–water partition coefficient (Wildman–Crippen LogP) is 2.47. The normalized spacial score (nSPS) is 11.8. The molecule has 4 N–H and O–H groups in total. The Kier molecular flexibility index (Phi) is 9.20. The van der Waals surface area contributed by atoms with Gasteiger partial charge in [-0.25, -0.2) is 19.6 Å². The van der Waals surface area contributed by atoms with E-state index in [0.29, 0.717) is 30.9 Å². The summed E-state index contributed by atoms with van der Waals surface area (Å²) in [6.45, 7) is 2.51. The van der Waals surface area contributed by atoms with E-state index in [9.17, 15) is 24.6 Å². The van der Waals surface area contributed by atoms with E-state index in [2.05, 4.69) is 15.3 Å². The second-order valence-electron chi connectivity index (χ2n) is 8.41. The standard InChI is InChI=1S/C26H28N4O6/c1-17-8-10-18(11-9-17)12-21(14-27-13-19-4-2-6-22(28-19)25(33)34)30(16-24(31)32)15-20-5-3-7-23(29-20)26(35)36/h2-11,21,27H,12-16H2,1H3,(H,31,32)(H,33,34)(H,35,36)/t21-/m0/s1. The van der Waals surface area contributed by atoms with E-state index in [1.807, 2.05) is 31.2 Å². The smallest absolute Gasteiger partial charge is 0.354 e. The fraction of sp³-hybridized carbons (Fsp3) is 0.269. The summed E-state index contributed by atoms with van der Waals surface area (Å²) >= 11 is 0. The monoisotopic (exact) mass is 492 g/mol. The van der Waals surface area contributed by atoms with Gasteiger partial charge in [-0.15, -0.1) is 0 Å². The number of aromatic carboxylic acids is 2. The summed E-state index contributed by atoms with van der Waals surface area (Å²) in [4.78, 5) is 44.3. The van der Waals surface area contributed by atoms with E-state index in [-0.39, 0.29) is 30.5 Å². The van der Waals surface area contributed by atoms with Crippen molar-refractivity contribution in [3.63, 3.8) is 0 Å². The molecule has 0 saturated carbocycles. The molecule has 0 unspecified atom stereocenters. The summed E-state index contributed by atoms with van der Waals surface area (Å²) in [7, 11) is 0. The van der Waals surface area contributed by atoms with E-state index in [1.165, 1.54) is 12.1 Å². The number of hydrogen-bond acceptors (Lipinski definition) is 7. The Morgan fingerprint density at radius 1 is 0.861 bits per heavy atom. The van der Waals surface area contributed by atoms with E-state index in [1.54, 1.807) is 29.2 Å². The lowest BCUT2D eigenvalue weighted by molar-refractivity contribution is -0.139. The van der Waals surface area contributed by atoms with Crippen molar-refractivity contribution in [2.45, 2.75) is 32.5 Å². The first kappa shape index (κ1) is 26.5. The number of pyridine rings is 2. The van der Waals surface area contributed by atoms with Gasteiger partial charge in [0.1, 0.15) is 11.4 Å². The third kappa shape index (κ3) is 7.97.